The van der Waals surface area contributed by atoms with Crippen molar-refractivity contribution in [1.29, 1.82) is 0 Å². The Balaban J connectivity index is 1.55. The van der Waals surface area contributed by atoms with Gasteiger partial charge in [-0.15, -0.1) is 0 Å². The monoisotopic (exact) mass is 440 g/mol. The molecule has 162 valence electrons. The summed E-state index contributed by atoms with van der Waals surface area (Å²) in [5.74, 6) is 0.111. The third-order valence-electron chi connectivity index (χ3n) is 4.54. The van der Waals surface area contributed by atoms with E-state index in [1.54, 1.807) is 30.3 Å². The molecule has 2 aromatic heterocycles. The standard InChI is InChI=1S/C22H15F3N4O3/c23-22(24,25)14-2-1-3-15(11-14)28-21(31)29-9-7-13-10-16(4-5-19(13)29)32-17-6-8-27-18(12-17)20(26)30/h1-12H,(H2,26,30)(H,28,31). The molecule has 0 unspecified atom stereocenters. The van der Waals surface area contributed by atoms with Crippen LogP contribution in [0.25, 0.3) is 10.9 Å². The molecule has 0 saturated heterocycles. The second kappa shape index (κ2) is 8.06. The zero-order valence-corrected chi connectivity index (χ0v) is 16.3. The van der Waals surface area contributed by atoms with E-state index in [0.29, 0.717) is 22.4 Å². The molecule has 0 saturated carbocycles. The van der Waals surface area contributed by atoms with Crippen molar-refractivity contribution in [2.45, 2.75) is 6.18 Å². The lowest BCUT2D eigenvalue weighted by Gasteiger charge is -2.11. The molecule has 2 aromatic carbocycles. The smallest absolute Gasteiger partial charge is 0.416 e. The first kappa shape index (κ1) is 20.9. The van der Waals surface area contributed by atoms with Gasteiger partial charge >= 0.3 is 12.2 Å². The number of hydrogen-bond acceptors (Lipinski definition) is 4. The fraction of sp³-hybridized carbons (Fsp3) is 0.0455. The predicted octanol–water partition coefficient (Wildman–Crippen LogP) is 5.03. The maximum Gasteiger partial charge on any atom is 0.416 e. The van der Waals surface area contributed by atoms with Crippen LogP contribution in [0.4, 0.5) is 23.7 Å². The third-order valence-corrected chi connectivity index (χ3v) is 4.54. The number of rotatable bonds is 4. The molecule has 0 atom stereocenters. The summed E-state index contributed by atoms with van der Waals surface area (Å²) >= 11 is 0. The van der Waals surface area contributed by atoms with Crippen LogP contribution in [-0.2, 0) is 6.18 Å². The summed E-state index contributed by atoms with van der Waals surface area (Å²) in [6, 6.07) is 13.3. The van der Waals surface area contributed by atoms with E-state index in [9.17, 15) is 22.8 Å². The number of anilines is 1. The van der Waals surface area contributed by atoms with Gasteiger partial charge in [0.05, 0.1) is 11.1 Å². The molecule has 0 fully saturated rings. The highest BCUT2D eigenvalue weighted by Gasteiger charge is 2.30. The summed E-state index contributed by atoms with van der Waals surface area (Å²) < 4.78 is 45.7. The van der Waals surface area contributed by atoms with Crippen LogP contribution in [0.1, 0.15) is 16.1 Å². The Morgan fingerprint density at radius 1 is 1.00 bits per heavy atom. The number of hydrogen-bond donors (Lipinski definition) is 2. The number of fused-ring (bicyclic) bond motifs is 1. The summed E-state index contributed by atoms with van der Waals surface area (Å²) in [6.45, 7) is 0. The summed E-state index contributed by atoms with van der Waals surface area (Å²) in [7, 11) is 0. The van der Waals surface area contributed by atoms with E-state index in [4.69, 9.17) is 10.5 Å². The number of nitrogens with one attached hydrogen (secondary N) is 1. The Kier molecular flexibility index (Phi) is 5.27. The van der Waals surface area contributed by atoms with Gasteiger partial charge in [-0.1, -0.05) is 6.07 Å². The lowest BCUT2D eigenvalue weighted by Crippen LogP contribution is -2.18. The van der Waals surface area contributed by atoms with Crippen molar-refractivity contribution in [1.82, 2.24) is 9.55 Å². The van der Waals surface area contributed by atoms with Gasteiger partial charge < -0.3 is 15.8 Å². The largest absolute Gasteiger partial charge is 0.457 e. The number of pyridine rings is 1. The number of carbonyl (C=O) groups is 2. The number of nitrogens with two attached hydrogens (primary N) is 1. The van der Waals surface area contributed by atoms with E-state index in [1.165, 1.54) is 35.2 Å². The fourth-order valence-electron chi connectivity index (χ4n) is 3.06. The van der Waals surface area contributed by atoms with Crippen LogP contribution < -0.4 is 15.8 Å². The summed E-state index contributed by atoms with van der Waals surface area (Å²) in [5, 5.41) is 3.12. The van der Waals surface area contributed by atoms with Gasteiger partial charge in [-0.3, -0.25) is 14.3 Å². The van der Waals surface area contributed by atoms with E-state index in [0.717, 1.165) is 12.1 Å². The van der Waals surface area contributed by atoms with Crippen LogP contribution in [0.15, 0.2) is 73.1 Å². The molecule has 32 heavy (non-hydrogen) atoms. The maximum atomic E-state index is 12.9. The first-order valence-corrected chi connectivity index (χ1v) is 9.24. The number of alkyl halides is 3. The molecule has 4 aromatic rings. The Morgan fingerprint density at radius 3 is 2.53 bits per heavy atom. The van der Waals surface area contributed by atoms with Crippen LogP contribution in [0.5, 0.6) is 11.5 Å². The second-order valence-corrected chi connectivity index (χ2v) is 6.76. The molecule has 0 aliphatic rings. The molecular weight excluding hydrogens is 425 g/mol. The van der Waals surface area contributed by atoms with Crippen molar-refractivity contribution in [3.05, 3.63) is 84.3 Å². The van der Waals surface area contributed by atoms with Gasteiger partial charge in [0.25, 0.3) is 5.91 Å². The van der Waals surface area contributed by atoms with Crippen LogP contribution in [0.2, 0.25) is 0 Å². The van der Waals surface area contributed by atoms with Crippen molar-refractivity contribution >= 4 is 28.5 Å². The Morgan fingerprint density at radius 2 is 1.78 bits per heavy atom. The van der Waals surface area contributed by atoms with Gasteiger partial charge in [0.15, 0.2) is 0 Å². The number of halogens is 3. The topological polar surface area (TPSA) is 99.2 Å². The van der Waals surface area contributed by atoms with E-state index in [2.05, 4.69) is 10.3 Å². The zero-order valence-electron chi connectivity index (χ0n) is 16.3. The van der Waals surface area contributed by atoms with Crippen LogP contribution in [0.3, 0.4) is 0 Å². The minimum Gasteiger partial charge on any atom is -0.457 e. The molecule has 0 spiro atoms. The third kappa shape index (κ3) is 4.38. The first-order valence-electron chi connectivity index (χ1n) is 9.24. The molecule has 0 bridgehead atoms. The predicted molar refractivity (Wildman–Crippen MR) is 111 cm³/mol. The molecule has 0 aliphatic heterocycles. The summed E-state index contributed by atoms with van der Waals surface area (Å²) in [5.41, 5.74) is 4.96. The molecule has 4 rings (SSSR count). The minimum atomic E-state index is -4.51. The molecule has 2 heterocycles. The lowest BCUT2D eigenvalue weighted by molar-refractivity contribution is -0.137. The van der Waals surface area contributed by atoms with Crippen LogP contribution in [-0.4, -0.2) is 21.5 Å². The number of primary amides is 1. The molecule has 0 radical (unpaired) electrons. The molecule has 10 heteroatoms. The average Bonchev–Trinajstić information content (AvgIpc) is 3.17. The maximum absolute atomic E-state index is 12.9. The Labute approximate surface area is 179 Å². The number of carbonyl (C=O) groups excluding carboxylic acids is 2. The van der Waals surface area contributed by atoms with E-state index in [1.807, 2.05) is 0 Å². The number of benzene rings is 2. The van der Waals surface area contributed by atoms with Gasteiger partial charge in [0.2, 0.25) is 0 Å². The van der Waals surface area contributed by atoms with E-state index >= 15 is 0 Å². The summed E-state index contributed by atoms with van der Waals surface area (Å²) in [4.78, 5) is 27.7. The van der Waals surface area contributed by atoms with Gasteiger partial charge in [-0.05, 0) is 48.5 Å². The van der Waals surface area contributed by atoms with Crippen molar-refractivity contribution in [2.24, 2.45) is 5.73 Å². The van der Waals surface area contributed by atoms with Crippen LogP contribution in [0, 0.1) is 0 Å². The van der Waals surface area contributed by atoms with Crippen molar-refractivity contribution < 1.29 is 27.5 Å². The number of amides is 2. The summed E-state index contributed by atoms with van der Waals surface area (Å²) in [6.07, 6.45) is -1.62. The highest BCUT2D eigenvalue weighted by atomic mass is 19.4. The molecule has 2 amide bonds. The first-order chi connectivity index (χ1) is 15.2. The highest BCUT2D eigenvalue weighted by Crippen LogP contribution is 2.31. The number of ether oxygens (including phenoxy) is 1. The normalized spacial score (nSPS) is 11.3. The number of aromatic nitrogens is 2. The van der Waals surface area contributed by atoms with Gasteiger partial charge in [0, 0.05) is 29.5 Å². The zero-order chi connectivity index (χ0) is 22.9. The Hall–Kier alpha value is -4.34. The van der Waals surface area contributed by atoms with E-state index < -0.39 is 23.7 Å². The minimum absolute atomic E-state index is 0.0228. The second-order valence-electron chi connectivity index (χ2n) is 6.76. The quantitative estimate of drug-likeness (QED) is 0.465. The van der Waals surface area contributed by atoms with Crippen molar-refractivity contribution in [3.8, 4) is 11.5 Å². The number of nitrogens with zero attached hydrogens (tertiary/aromatic N) is 2. The lowest BCUT2D eigenvalue weighted by atomic mass is 10.2. The SMILES string of the molecule is NC(=O)c1cc(Oc2ccc3c(ccn3C(=O)Nc3cccc(C(F)(F)F)c3)c2)ccn1. The molecule has 7 nitrogen and oxygen atoms in total. The van der Waals surface area contributed by atoms with Crippen LogP contribution >= 0.6 is 0 Å². The average molecular weight is 440 g/mol. The Bertz CT molecular complexity index is 1330. The molecule has 0 aliphatic carbocycles. The van der Waals surface area contributed by atoms with Gasteiger partial charge in [-0.2, -0.15) is 13.2 Å². The van der Waals surface area contributed by atoms with Gasteiger partial charge in [-0.25, -0.2) is 4.79 Å². The van der Waals surface area contributed by atoms with Crippen molar-refractivity contribution in [3.63, 3.8) is 0 Å². The molecule has 3 N–H and O–H groups in total. The highest BCUT2D eigenvalue weighted by molar-refractivity contribution is 5.98. The fourth-order valence-corrected chi connectivity index (χ4v) is 3.06. The molecular formula is C22H15F3N4O3. The van der Waals surface area contributed by atoms with Crippen molar-refractivity contribution in [2.75, 3.05) is 5.32 Å². The van der Waals surface area contributed by atoms with E-state index in [-0.39, 0.29) is 11.4 Å². The van der Waals surface area contributed by atoms with Gasteiger partial charge in [0.1, 0.15) is 17.2 Å².